The molecule has 0 amide bonds. The first-order valence-electron chi connectivity index (χ1n) is 6.11. The van der Waals surface area contributed by atoms with Crippen LogP contribution in [0, 0.1) is 5.82 Å². The summed E-state index contributed by atoms with van der Waals surface area (Å²) in [6.45, 7) is 5.15. The van der Waals surface area contributed by atoms with Crippen LogP contribution in [-0.2, 0) is 0 Å². The summed E-state index contributed by atoms with van der Waals surface area (Å²) in [6.07, 6.45) is 7.66. The highest BCUT2D eigenvalue weighted by Gasteiger charge is 2.10. The third kappa shape index (κ3) is 4.27. The second kappa shape index (κ2) is 7.34. The summed E-state index contributed by atoms with van der Waals surface area (Å²) in [5.41, 5.74) is 0.956. The molecule has 1 aromatic rings. The number of hydrogen-bond donors (Lipinski definition) is 1. The molecule has 0 saturated heterocycles. The molecule has 0 saturated carbocycles. The summed E-state index contributed by atoms with van der Waals surface area (Å²) in [5.74, 6) is -0.254. The summed E-state index contributed by atoms with van der Waals surface area (Å²) < 4.78 is 13.1. The zero-order valence-electron chi connectivity index (χ0n) is 10.2. The van der Waals surface area contributed by atoms with Crippen LogP contribution < -0.4 is 5.32 Å². The minimum Gasteiger partial charge on any atom is -0.310 e. The Morgan fingerprint density at radius 3 is 2.75 bits per heavy atom. The molecule has 16 heavy (non-hydrogen) atoms. The topological polar surface area (TPSA) is 24.9 Å². The predicted octanol–water partition coefficient (Wildman–Crippen LogP) is 3.45. The third-order valence-corrected chi connectivity index (χ3v) is 2.68. The molecule has 1 unspecified atom stereocenters. The molecule has 0 aromatic carbocycles. The van der Waals surface area contributed by atoms with Crippen LogP contribution in [0.4, 0.5) is 4.39 Å². The lowest BCUT2D eigenvalue weighted by atomic mass is 10.0. The molecule has 1 heterocycles. The Morgan fingerprint density at radius 1 is 1.31 bits per heavy atom. The molecule has 1 atom stereocenters. The van der Waals surface area contributed by atoms with Gasteiger partial charge in [0, 0.05) is 12.2 Å². The molecular weight excluding hydrogens is 203 g/mol. The van der Waals surface area contributed by atoms with Crippen molar-refractivity contribution in [1.82, 2.24) is 10.3 Å². The van der Waals surface area contributed by atoms with Gasteiger partial charge in [-0.25, -0.2) is 4.39 Å². The molecule has 3 heteroatoms. The highest BCUT2D eigenvalue weighted by Crippen LogP contribution is 2.19. The minimum absolute atomic E-state index is 0.236. The maximum absolute atomic E-state index is 13.1. The van der Waals surface area contributed by atoms with Gasteiger partial charge in [-0.15, -0.1) is 0 Å². The number of nitrogens with zero attached hydrogens (tertiary/aromatic N) is 1. The van der Waals surface area contributed by atoms with Gasteiger partial charge in [-0.2, -0.15) is 0 Å². The molecule has 0 aliphatic carbocycles. The average molecular weight is 224 g/mol. The first-order chi connectivity index (χ1) is 7.77. The number of nitrogens with one attached hydrogen (secondary N) is 1. The SMILES string of the molecule is CCCCCC(NCC)c1cncc(F)c1. The second-order valence-corrected chi connectivity index (χ2v) is 4.04. The standard InChI is InChI=1S/C13H21FN2/c1-3-5-6-7-13(16-4-2)11-8-12(14)10-15-9-11/h8-10,13,16H,3-7H2,1-2H3. The van der Waals surface area contributed by atoms with Gasteiger partial charge in [0.25, 0.3) is 0 Å². The monoisotopic (exact) mass is 224 g/mol. The molecule has 2 nitrogen and oxygen atoms in total. The molecular formula is C13H21FN2. The van der Waals surface area contributed by atoms with Gasteiger partial charge in [-0.05, 0) is 24.6 Å². The van der Waals surface area contributed by atoms with E-state index >= 15 is 0 Å². The molecule has 1 aromatic heterocycles. The van der Waals surface area contributed by atoms with Gasteiger partial charge in [-0.3, -0.25) is 4.98 Å². The molecule has 0 aliphatic heterocycles. The Morgan fingerprint density at radius 2 is 2.12 bits per heavy atom. The summed E-state index contributed by atoms with van der Waals surface area (Å²) in [7, 11) is 0. The summed E-state index contributed by atoms with van der Waals surface area (Å²) >= 11 is 0. The smallest absolute Gasteiger partial charge is 0.141 e. The summed E-state index contributed by atoms with van der Waals surface area (Å²) in [4.78, 5) is 3.90. The highest BCUT2D eigenvalue weighted by molar-refractivity contribution is 5.14. The average Bonchev–Trinajstić information content (AvgIpc) is 2.28. The number of aromatic nitrogens is 1. The van der Waals surface area contributed by atoms with Crippen molar-refractivity contribution in [2.24, 2.45) is 0 Å². The van der Waals surface area contributed by atoms with Crippen LogP contribution in [0.3, 0.4) is 0 Å². The van der Waals surface area contributed by atoms with Gasteiger partial charge >= 0.3 is 0 Å². The van der Waals surface area contributed by atoms with Gasteiger partial charge in [0.1, 0.15) is 5.82 Å². The van der Waals surface area contributed by atoms with Gasteiger partial charge in [-0.1, -0.05) is 33.1 Å². The Hall–Kier alpha value is -0.960. The summed E-state index contributed by atoms with van der Waals surface area (Å²) in [5, 5.41) is 3.38. The van der Waals surface area contributed by atoms with Gasteiger partial charge in [0.15, 0.2) is 0 Å². The van der Waals surface area contributed by atoms with E-state index in [-0.39, 0.29) is 11.9 Å². The molecule has 0 fully saturated rings. The predicted molar refractivity (Wildman–Crippen MR) is 64.8 cm³/mol. The van der Waals surface area contributed by atoms with Crippen LogP contribution in [0.5, 0.6) is 0 Å². The van der Waals surface area contributed by atoms with E-state index in [1.165, 1.54) is 25.5 Å². The van der Waals surface area contributed by atoms with E-state index in [4.69, 9.17) is 0 Å². The van der Waals surface area contributed by atoms with Crippen LogP contribution in [0.15, 0.2) is 18.5 Å². The van der Waals surface area contributed by atoms with E-state index in [9.17, 15) is 4.39 Å². The van der Waals surface area contributed by atoms with Gasteiger partial charge in [0.05, 0.1) is 6.20 Å². The normalized spacial score (nSPS) is 12.7. The van der Waals surface area contributed by atoms with E-state index in [1.54, 1.807) is 12.3 Å². The fourth-order valence-electron chi connectivity index (χ4n) is 1.85. The van der Waals surface area contributed by atoms with Crippen molar-refractivity contribution in [3.05, 3.63) is 29.8 Å². The fraction of sp³-hybridized carbons (Fsp3) is 0.615. The van der Waals surface area contributed by atoms with Crippen molar-refractivity contribution in [3.63, 3.8) is 0 Å². The number of unbranched alkanes of at least 4 members (excludes halogenated alkanes) is 2. The first-order valence-corrected chi connectivity index (χ1v) is 6.11. The molecule has 0 aliphatic rings. The van der Waals surface area contributed by atoms with Crippen molar-refractivity contribution in [3.8, 4) is 0 Å². The van der Waals surface area contributed by atoms with Crippen LogP contribution in [0.1, 0.15) is 51.1 Å². The third-order valence-electron chi connectivity index (χ3n) is 2.68. The van der Waals surface area contributed by atoms with Crippen molar-refractivity contribution < 1.29 is 4.39 Å². The molecule has 90 valence electrons. The summed E-state index contributed by atoms with van der Waals surface area (Å²) in [6, 6.07) is 1.81. The van der Waals surface area contributed by atoms with E-state index < -0.39 is 0 Å². The fourth-order valence-corrected chi connectivity index (χ4v) is 1.85. The molecule has 1 rings (SSSR count). The lowest BCUT2D eigenvalue weighted by Gasteiger charge is -2.17. The Balaban J connectivity index is 2.61. The largest absolute Gasteiger partial charge is 0.310 e. The first kappa shape index (κ1) is 13.1. The number of rotatable bonds is 7. The number of pyridine rings is 1. The lowest BCUT2D eigenvalue weighted by molar-refractivity contribution is 0.482. The lowest BCUT2D eigenvalue weighted by Crippen LogP contribution is -2.21. The van der Waals surface area contributed by atoms with E-state index in [2.05, 4.69) is 24.1 Å². The van der Waals surface area contributed by atoms with Crippen LogP contribution >= 0.6 is 0 Å². The van der Waals surface area contributed by atoms with Crippen molar-refractivity contribution in [2.75, 3.05) is 6.54 Å². The van der Waals surface area contributed by atoms with Crippen molar-refractivity contribution >= 4 is 0 Å². The van der Waals surface area contributed by atoms with E-state index in [0.29, 0.717) is 0 Å². The molecule has 0 spiro atoms. The number of hydrogen-bond acceptors (Lipinski definition) is 2. The van der Waals surface area contributed by atoms with Crippen LogP contribution in [-0.4, -0.2) is 11.5 Å². The minimum atomic E-state index is -0.254. The zero-order valence-corrected chi connectivity index (χ0v) is 10.2. The number of halogens is 1. The van der Waals surface area contributed by atoms with E-state index in [0.717, 1.165) is 18.5 Å². The quantitative estimate of drug-likeness (QED) is 0.717. The maximum atomic E-state index is 13.1. The molecule has 1 N–H and O–H groups in total. The highest BCUT2D eigenvalue weighted by atomic mass is 19.1. The van der Waals surface area contributed by atoms with Crippen molar-refractivity contribution in [1.29, 1.82) is 0 Å². The van der Waals surface area contributed by atoms with Gasteiger partial charge in [0.2, 0.25) is 0 Å². The Bertz CT molecular complexity index is 302. The zero-order chi connectivity index (χ0) is 11.8. The second-order valence-electron chi connectivity index (χ2n) is 4.04. The Labute approximate surface area is 97.3 Å². The van der Waals surface area contributed by atoms with Crippen LogP contribution in [0.25, 0.3) is 0 Å². The Kier molecular flexibility index (Phi) is 6.01. The maximum Gasteiger partial charge on any atom is 0.141 e. The molecule has 0 bridgehead atoms. The van der Waals surface area contributed by atoms with E-state index in [1.807, 2.05) is 0 Å². The molecule has 0 radical (unpaired) electrons. The van der Waals surface area contributed by atoms with Gasteiger partial charge < -0.3 is 5.32 Å². The van der Waals surface area contributed by atoms with Crippen molar-refractivity contribution in [2.45, 2.75) is 45.6 Å². The van der Waals surface area contributed by atoms with Crippen LogP contribution in [0.2, 0.25) is 0 Å².